The molecular weight excluding hydrogens is 403 g/mol. The van der Waals surface area contributed by atoms with Crippen molar-refractivity contribution in [3.05, 3.63) is 76.7 Å². The van der Waals surface area contributed by atoms with Crippen molar-refractivity contribution in [2.75, 3.05) is 18.4 Å². The number of hydrogen-bond acceptors (Lipinski definition) is 4. The van der Waals surface area contributed by atoms with Gasteiger partial charge in [-0.1, -0.05) is 12.1 Å². The molecule has 1 saturated heterocycles. The van der Waals surface area contributed by atoms with Gasteiger partial charge in [-0.2, -0.15) is 11.3 Å². The summed E-state index contributed by atoms with van der Waals surface area (Å²) in [6.07, 6.45) is 1.65. The number of carbonyl (C=O) groups excluding carboxylic acids is 1. The summed E-state index contributed by atoms with van der Waals surface area (Å²) in [5.41, 5.74) is 1.62. The summed E-state index contributed by atoms with van der Waals surface area (Å²) in [7, 11) is 0. The summed E-state index contributed by atoms with van der Waals surface area (Å²) in [5, 5.41) is 6.77. The van der Waals surface area contributed by atoms with Crippen molar-refractivity contribution >= 4 is 23.1 Å². The number of rotatable bonds is 6. The maximum absolute atomic E-state index is 13.2. The molecule has 2 heterocycles. The van der Waals surface area contributed by atoms with Crippen LogP contribution in [-0.4, -0.2) is 30.1 Å². The number of ether oxygens (including phenoxy) is 2. The Morgan fingerprint density at radius 1 is 1.10 bits per heavy atom. The molecule has 1 aromatic heterocycles. The monoisotopic (exact) mass is 426 g/mol. The Bertz CT molecular complexity index is 955. The van der Waals surface area contributed by atoms with Gasteiger partial charge in [-0.3, -0.25) is 0 Å². The van der Waals surface area contributed by atoms with Gasteiger partial charge in [0.25, 0.3) is 0 Å². The number of thiophene rings is 1. The average molecular weight is 427 g/mol. The Morgan fingerprint density at radius 2 is 1.87 bits per heavy atom. The van der Waals surface area contributed by atoms with E-state index in [2.05, 4.69) is 5.32 Å². The second-order valence-electron chi connectivity index (χ2n) is 7.14. The average Bonchev–Trinajstić information content (AvgIpc) is 3.27. The van der Waals surface area contributed by atoms with Gasteiger partial charge < -0.3 is 19.7 Å². The predicted octanol–water partition coefficient (Wildman–Crippen LogP) is 5.54. The largest absolute Gasteiger partial charge is 0.490 e. The minimum Gasteiger partial charge on any atom is -0.490 e. The molecule has 4 rings (SSSR count). The van der Waals surface area contributed by atoms with Gasteiger partial charge in [0.05, 0.1) is 5.69 Å². The summed E-state index contributed by atoms with van der Waals surface area (Å²) >= 11 is 1.56. The minimum absolute atomic E-state index is 0.0633. The van der Waals surface area contributed by atoms with Gasteiger partial charge in [0.1, 0.15) is 30.0 Å². The molecule has 1 aliphatic rings. The second kappa shape index (κ2) is 9.63. The smallest absolute Gasteiger partial charge is 0.321 e. The molecule has 1 fully saturated rings. The molecule has 0 spiro atoms. The van der Waals surface area contributed by atoms with Crippen LogP contribution in [0.1, 0.15) is 18.4 Å². The molecule has 0 atom stereocenters. The third-order valence-electron chi connectivity index (χ3n) is 4.92. The fourth-order valence-electron chi connectivity index (χ4n) is 3.32. The van der Waals surface area contributed by atoms with Crippen molar-refractivity contribution in [3.63, 3.8) is 0 Å². The molecule has 2 amide bonds. The lowest BCUT2D eigenvalue weighted by Gasteiger charge is -2.32. The molecule has 1 N–H and O–H groups in total. The zero-order valence-electron chi connectivity index (χ0n) is 16.4. The van der Waals surface area contributed by atoms with Crippen LogP contribution in [0.5, 0.6) is 11.5 Å². The summed E-state index contributed by atoms with van der Waals surface area (Å²) in [4.78, 5) is 14.1. The van der Waals surface area contributed by atoms with Crippen molar-refractivity contribution in [2.45, 2.75) is 25.6 Å². The van der Waals surface area contributed by atoms with E-state index in [1.165, 1.54) is 12.1 Å². The summed E-state index contributed by atoms with van der Waals surface area (Å²) < 4.78 is 25.0. The highest BCUT2D eigenvalue weighted by Gasteiger charge is 2.24. The molecule has 0 saturated carbocycles. The highest BCUT2D eigenvalue weighted by atomic mass is 32.1. The Kier molecular flexibility index (Phi) is 6.49. The molecule has 30 heavy (non-hydrogen) atoms. The lowest BCUT2D eigenvalue weighted by atomic mass is 10.1. The maximum Gasteiger partial charge on any atom is 0.321 e. The zero-order chi connectivity index (χ0) is 20.8. The second-order valence-corrected chi connectivity index (χ2v) is 7.92. The fourth-order valence-corrected chi connectivity index (χ4v) is 3.90. The van der Waals surface area contributed by atoms with Crippen molar-refractivity contribution in [1.29, 1.82) is 0 Å². The van der Waals surface area contributed by atoms with Crippen LogP contribution in [0.3, 0.4) is 0 Å². The van der Waals surface area contributed by atoms with Crippen molar-refractivity contribution in [1.82, 2.24) is 4.90 Å². The van der Waals surface area contributed by atoms with E-state index in [0.717, 1.165) is 29.8 Å². The Balaban J connectivity index is 1.22. The first kappa shape index (κ1) is 20.2. The van der Waals surface area contributed by atoms with Gasteiger partial charge in [0.2, 0.25) is 0 Å². The van der Waals surface area contributed by atoms with Crippen LogP contribution in [0.4, 0.5) is 14.9 Å². The van der Waals surface area contributed by atoms with E-state index in [1.54, 1.807) is 17.4 Å². The lowest BCUT2D eigenvalue weighted by Crippen LogP contribution is -2.43. The first-order valence-electron chi connectivity index (χ1n) is 9.88. The number of urea groups is 1. The number of nitrogens with zero attached hydrogens (tertiary/aromatic N) is 1. The molecule has 2 aromatic carbocycles. The van der Waals surface area contributed by atoms with E-state index in [1.807, 2.05) is 52.1 Å². The number of hydrogen-bond donors (Lipinski definition) is 1. The molecule has 0 aliphatic carbocycles. The third kappa shape index (κ3) is 5.51. The molecule has 7 heteroatoms. The van der Waals surface area contributed by atoms with Crippen LogP contribution in [0, 0.1) is 5.82 Å². The van der Waals surface area contributed by atoms with Crippen LogP contribution in [0.15, 0.2) is 65.4 Å². The van der Waals surface area contributed by atoms with Crippen LogP contribution >= 0.6 is 11.3 Å². The van der Waals surface area contributed by atoms with Crippen molar-refractivity contribution in [2.24, 2.45) is 0 Å². The van der Waals surface area contributed by atoms with Crippen LogP contribution in [0.25, 0.3) is 0 Å². The number of piperidine rings is 1. The van der Waals surface area contributed by atoms with E-state index in [9.17, 15) is 9.18 Å². The molecule has 3 aromatic rings. The van der Waals surface area contributed by atoms with Gasteiger partial charge >= 0.3 is 6.03 Å². The van der Waals surface area contributed by atoms with Crippen molar-refractivity contribution in [3.8, 4) is 11.5 Å². The first-order valence-corrected chi connectivity index (χ1v) is 10.8. The fraction of sp³-hybridized carbons (Fsp3) is 0.261. The number of likely N-dealkylation sites (tertiary alicyclic amines) is 1. The lowest BCUT2D eigenvalue weighted by molar-refractivity contribution is 0.115. The number of halogens is 1. The number of carbonyl (C=O) groups is 1. The van der Waals surface area contributed by atoms with Gasteiger partial charge in [-0.25, -0.2) is 9.18 Å². The Morgan fingerprint density at radius 3 is 2.57 bits per heavy atom. The molecule has 1 aliphatic heterocycles. The number of anilines is 1. The SMILES string of the molecule is O=C(Nc1ccsc1)N1CCC(Oc2ccc(OCc3cccc(F)c3)cc2)CC1. The van der Waals surface area contributed by atoms with Gasteiger partial charge in [-0.15, -0.1) is 0 Å². The van der Waals surface area contributed by atoms with Crippen molar-refractivity contribution < 1.29 is 18.7 Å². The maximum atomic E-state index is 13.2. The van der Waals surface area contributed by atoms with E-state index >= 15 is 0 Å². The summed E-state index contributed by atoms with van der Waals surface area (Å²) in [6.45, 7) is 1.63. The van der Waals surface area contributed by atoms with Gasteiger partial charge in [0, 0.05) is 31.3 Å². The predicted molar refractivity (Wildman–Crippen MR) is 116 cm³/mol. The molecule has 0 unspecified atom stereocenters. The number of nitrogens with one attached hydrogen (secondary N) is 1. The van der Waals surface area contributed by atoms with E-state index in [0.29, 0.717) is 25.4 Å². The standard InChI is InChI=1S/C23H23FN2O3S/c24-18-3-1-2-17(14-18)15-28-20-4-6-21(7-5-20)29-22-8-11-26(12-9-22)23(27)25-19-10-13-30-16-19/h1-7,10,13-14,16,22H,8-9,11-12,15H2,(H,25,27). The topological polar surface area (TPSA) is 50.8 Å². The Labute approximate surface area is 179 Å². The summed E-state index contributed by atoms with van der Waals surface area (Å²) in [5.74, 6) is 1.20. The third-order valence-corrected chi connectivity index (χ3v) is 5.61. The number of amides is 2. The van der Waals surface area contributed by atoms with Gasteiger partial charge in [0.15, 0.2) is 0 Å². The van der Waals surface area contributed by atoms with E-state index in [-0.39, 0.29) is 18.0 Å². The molecular formula is C23H23FN2O3S. The highest BCUT2D eigenvalue weighted by molar-refractivity contribution is 7.08. The molecule has 0 radical (unpaired) electrons. The quantitative estimate of drug-likeness (QED) is 0.563. The highest BCUT2D eigenvalue weighted by Crippen LogP contribution is 2.23. The number of benzene rings is 2. The van der Waals surface area contributed by atoms with E-state index in [4.69, 9.17) is 9.47 Å². The molecule has 156 valence electrons. The van der Waals surface area contributed by atoms with Crippen LogP contribution < -0.4 is 14.8 Å². The van der Waals surface area contributed by atoms with Gasteiger partial charge in [-0.05, 0) is 53.4 Å². The molecule has 0 bridgehead atoms. The van der Waals surface area contributed by atoms with Crippen LogP contribution in [-0.2, 0) is 6.61 Å². The molecule has 5 nitrogen and oxygen atoms in total. The Hall–Kier alpha value is -3.06. The zero-order valence-corrected chi connectivity index (χ0v) is 17.2. The van der Waals surface area contributed by atoms with Crippen LogP contribution in [0.2, 0.25) is 0 Å². The normalized spacial score (nSPS) is 14.4. The first-order chi connectivity index (χ1) is 14.7. The van der Waals surface area contributed by atoms with E-state index < -0.39 is 0 Å². The minimum atomic E-state index is -0.269. The summed E-state index contributed by atoms with van der Waals surface area (Å²) in [6, 6.07) is 15.6.